The van der Waals surface area contributed by atoms with Crippen LogP contribution in [-0.4, -0.2) is 37.4 Å². The number of amides is 1. The van der Waals surface area contributed by atoms with E-state index in [9.17, 15) is 4.79 Å². The van der Waals surface area contributed by atoms with Crippen LogP contribution in [0.25, 0.3) is 11.3 Å². The second-order valence-electron chi connectivity index (χ2n) is 7.45. The molecule has 6 nitrogen and oxygen atoms in total. The van der Waals surface area contributed by atoms with Crippen molar-refractivity contribution in [1.82, 2.24) is 10.5 Å². The van der Waals surface area contributed by atoms with E-state index in [2.05, 4.69) is 27.5 Å². The van der Waals surface area contributed by atoms with Gasteiger partial charge in [-0.3, -0.25) is 4.79 Å². The van der Waals surface area contributed by atoms with E-state index in [0.717, 1.165) is 37.6 Å². The molecule has 3 aromatic rings. The maximum Gasteiger partial charge on any atom is 0.257 e. The van der Waals surface area contributed by atoms with Crippen LogP contribution in [0.1, 0.15) is 34.6 Å². The Kier molecular flexibility index (Phi) is 6.51. The molecule has 1 unspecified atom stereocenters. The van der Waals surface area contributed by atoms with Crippen molar-refractivity contribution in [1.29, 1.82) is 0 Å². The van der Waals surface area contributed by atoms with Gasteiger partial charge < -0.3 is 19.5 Å². The molecule has 0 saturated carbocycles. The number of hydrogen-bond donors (Lipinski definition) is 1. The number of ether oxygens (including phenoxy) is 1. The fraction of sp³-hybridized carbons (Fsp3) is 0.304. The summed E-state index contributed by atoms with van der Waals surface area (Å²) in [5, 5.41) is 7.89. The van der Waals surface area contributed by atoms with Gasteiger partial charge in [0.2, 0.25) is 0 Å². The van der Waals surface area contributed by atoms with Crippen LogP contribution in [0, 0.1) is 6.92 Å². The van der Waals surface area contributed by atoms with E-state index in [1.807, 2.05) is 19.1 Å². The molecule has 2 aromatic carbocycles. The molecule has 2 heterocycles. The summed E-state index contributed by atoms with van der Waals surface area (Å²) in [6.45, 7) is 6.87. The van der Waals surface area contributed by atoms with Crippen molar-refractivity contribution < 1.29 is 14.1 Å². The SMILES string of the molecule is Cc1onc(-c2c(Cl)cccc2Cl)c1C(=O)NC(C)c1ccc(N2CCOCC2)cc1. The van der Waals surface area contributed by atoms with Gasteiger partial charge in [-0.2, -0.15) is 0 Å². The zero-order chi connectivity index (χ0) is 22.0. The monoisotopic (exact) mass is 459 g/mol. The molecule has 0 bridgehead atoms. The lowest BCUT2D eigenvalue weighted by Crippen LogP contribution is -2.36. The van der Waals surface area contributed by atoms with E-state index in [0.29, 0.717) is 32.6 Å². The van der Waals surface area contributed by atoms with E-state index < -0.39 is 0 Å². The number of nitrogens with one attached hydrogen (secondary N) is 1. The molecule has 1 N–H and O–H groups in total. The Morgan fingerprint density at radius 2 is 1.74 bits per heavy atom. The number of carbonyl (C=O) groups excluding carboxylic acids is 1. The quantitative estimate of drug-likeness (QED) is 0.561. The first-order valence-corrected chi connectivity index (χ1v) is 10.9. The molecule has 1 saturated heterocycles. The average molecular weight is 460 g/mol. The number of anilines is 1. The van der Waals surface area contributed by atoms with Crippen molar-refractivity contribution in [3.8, 4) is 11.3 Å². The fourth-order valence-corrected chi connectivity index (χ4v) is 4.26. The first kappa shape index (κ1) is 21.7. The second-order valence-corrected chi connectivity index (χ2v) is 8.26. The van der Waals surface area contributed by atoms with Gasteiger partial charge in [0.25, 0.3) is 5.91 Å². The van der Waals surface area contributed by atoms with Crippen LogP contribution >= 0.6 is 23.2 Å². The lowest BCUT2D eigenvalue weighted by molar-refractivity contribution is 0.0939. The minimum atomic E-state index is -0.297. The van der Waals surface area contributed by atoms with Crippen LogP contribution < -0.4 is 10.2 Å². The number of morpholine rings is 1. The van der Waals surface area contributed by atoms with Crippen molar-refractivity contribution in [3.63, 3.8) is 0 Å². The zero-order valence-electron chi connectivity index (χ0n) is 17.3. The van der Waals surface area contributed by atoms with E-state index >= 15 is 0 Å². The lowest BCUT2D eigenvalue weighted by atomic mass is 10.0. The molecule has 31 heavy (non-hydrogen) atoms. The Bertz CT molecular complexity index is 1060. The van der Waals surface area contributed by atoms with Crippen molar-refractivity contribution in [2.24, 2.45) is 0 Å². The summed E-state index contributed by atoms with van der Waals surface area (Å²) in [6, 6.07) is 13.1. The Morgan fingerprint density at radius 3 is 2.39 bits per heavy atom. The minimum absolute atomic E-state index is 0.213. The molecule has 1 aliphatic heterocycles. The Hall–Kier alpha value is -2.54. The third-order valence-corrected chi connectivity index (χ3v) is 6.04. The van der Waals surface area contributed by atoms with Gasteiger partial charge in [-0.15, -0.1) is 0 Å². The summed E-state index contributed by atoms with van der Waals surface area (Å²) >= 11 is 12.6. The highest BCUT2D eigenvalue weighted by molar-refractivity contribution is 6.39. The number of nitrogens with zero attached hydrogens (tertiary/aromatic N) is 2. The molecule has 0 radical (unpaired) electrons. The number of benzene rings is 2. The summed E-state index contributed by atoms with van der Waals surface area (Å²) in [5.74, 6) is 0.104. The van der Waals surface area contributed by atoms with Crippen LogP contribution in [0.5, 0.6) is 0 Å². The van der Waals surface area contributed by atoms with Crippen LogP contribution in [0.15, 0.2) is 47.0 Å². The second kappa shape index (κ2) is 9.30. The fourth-order valence-electron chi connectivity index (χ4n) is 3.68. The Morgan fingerprint density at radius 1 is 1.10 bits per heavy atom. The van der Waals surface area contributed by atoms with Crippen LogP contribution in [0.2, 0.25) is 10.0 Å². The van der Waals surface area contributed by atoms with Crippen LogP contribution in [0.3, 0.4) is 0 Å². The maximum atomic E-state index is 13.1. The molecule has 1 aliphatic rings. The molecule has 162 valence electrons. The van der Waals surface area contributed by atoms with Crippen molar-refractivity contribution in [3.05, 3.63) is 69.4 Å². The lowest BCUT2D eigenvalue weighted by Gasteiger charge is -2.29. The number of hydrogen-bond acceptors (Lipinski definition) is 5. The molecule has 4 rings (SSSR count). The third-order valence-electron chi connectivity index (χ3n) is 5.41. The van der Waals surface area contributed by atoms with E-state index in [1.54, 1.807) is 25.1 Å². The van der Waals surface area contributed by atoms with Crippen LogP contribution in [-0.2, 0) is 4.74 Å². The molecule has 1 fully saturated rings. The summed E-state index contributed by atoms with van der Waals surface area (Å²) in [5.41, 5.74) is 3.29. The largest absolute Gasteiger partial charge is 0.378 e. The van der Waals surface area contributed by atoms with Crippen molar-refractivity contribution >= 4 is 34.8 Å². The number of carbonyl (C=O) groups is 1. The van der Waals surface area contributed by atoms with Gasteiger partial charge in [0.15, 0.2) is 0 Å². The van der Waals surface area contributed by atoms with Gasteiger partial charge in [-0.25, -0.2) is 0 Å². The van der Waals surface area contributed by atoms with Gasteiger partial charge >= 0.3 is 0 Å². The number of aromatic nitrogens is 1. The first-order valence-electron chi connectivity index (χ1n) is 10.1. The number of halogens is 2. The summed E-state index contributed by atoms with van der Waals surface area (Å²) in [4.78, 5) is 15.4. The topological polar surface area (TPSA) is 67.6 Å². The van der Waals surface area contributed by atoms with E-state index in [4.69, 9.17) is 32.5 Å². The average Bonchev–Trinajstić information content (AvgIpc) is 3.15. The summed E-state index contributed by atoms with van der Waals surface area (Å²) in [7, 11) is 0. The van der Waals surface area contributed by atoms with E-state index in [1.165, 1.54) is 0 Å². The predicted octanol–water partition coefficient (Wildman–Crippen LogP) is 5.28. The zero-order valence-corrected chi connectivity index (χ0v) is 18.8. The molecular formula is C23H23Cl2N3O3. The van der Waals surface area contributed by atoms with E-state index in [-0.39, 0.29) is 11.9 Å². The summed E-state index contributed by atoms with van der Waals surface area (Å²) in [6.07, 6.45) is 0. The van der Waals surface area contributed by atoms with Gasteiger partial charge in [-0.1, -0.05) is 46.6 Å². The smallest absolute Gasteiger partial charge is 0.257 e. The highest BCUT2D eigenvalue weighted by atomic mass is 35.5. The molecular weight excluding hydrogens is 437 g/mol. The standard InChI is InChI=1S/C23H23Cl2N3O3/c1-14(16-6-8-17(9-7-16)28-10-12-30-13-11-28)26-23(29)20-15(2)31-27-22(20)21-18(24)4-3-5-19(21)25/h3-9,14H,10-13H2,1-2H3,(H,26,29). The highest BCUT2D eigenvalue weighted by Gasteiger charge is 2.26. The number of aryl methyl sites for hydroxylation is 1. The Labute approximate surface area is 191 Å². The molecule has 1 amide bonds. The highest BCUT2D eigenvalue weighted by Crippen LogP contribution is 2.37. The molecule has 1 atom stereocenters. The molecule has 1 aromatic heterocycles. The predicted molar refractivity (Wildman–Crippen MR) is 122 cm³/mol. The summed E-state index contributed by atoms with van der Waals surface area (Å²) < 4.78 is 10.7. The van der Waals surface area contributed by atoms with Gasteiger partial charge in [0.1, 0.15) is 17.0 Å². The van der Waals surface area contributed by atoms with Crippen LogP contribution in [0.4, 0.5) is 5.69 Å². The molecule has 0 aliphatic carbocycles. The molecule has 0 spiro atoms. The maximum absolute atomic E-state index is 13.1. The third kappa shape index (κ3) is 4.56. The van der Waals surface area contributed by atoms with Gasteiger partial charge in [0, 0.05) is 24.3 Å². The van der Waals surface area contributed by atoms with Crippen molar-refractivity contribution in [2.75, 3.05) is 31.2 Å². The first-order chi connectivity index (χ1) is 15.0. The van der Waals surface area contributed by atoms with Gasteiger partial charge in [-0.05, 0) is 43.7 Å². The minimum Gasteiger partial charge on any atom is -0.378 e. The Balaban J connectivity index is 1.53. The van der Waals surface area contributed by atoms with Crippen molar-refractivity contribution in [2.45, 2.75) is 19.9 Å². The molecule has 8 heteroatoms. The number of rotatable bonds is 5. The van der Waals surface area contributed by atoms with Gasteiger partial charge in [0.05, 0.1) is 29.3 Å². The normalized spacial score (nSPS) is 15.0.